The molecule has 1 rings (SSSR count). The molecule has 1 aliphatic carbocycles. The highest BCUT2D eigenvalue weighted by Crippen LogP contribution is 2.40. The molecule has 0 fully saturated rings. The number of allylic oxidation sites excluding steroid dienone is 2. The largest absolute Gasteiger partial charge is 0.469 e. The lowest BCUT2D eigenvalue weighted by Gasteiger charge is -2.35. The molecule has 0 saturated heterocycles. The number of hydrogen-bond acceptors (Lipinski definition) is 4. The molecule has 0 spiro atoms. The topological polar surface area (TPSA) is 52.6 Å². The summed E-state index contributed by atoms with van der Waals surface area (Å²) in [6.45, 7) is 1.91. The van der Waals surface area contributed by atoms with E-state index in [1.807, 2.05) is 13.0 Å². The number of esters is 2. The number of methoxy groups -OCH3 is 2. The lowest BCUT2D eigenvalue weighted by atomic mass is 9.69. The molecular formula is C13H20O4. The molecule has 0 aliphatic heterocycles. The summed E-state index contributed by atoms with van der Waals surface area (Å²) < 4.78 is 9.48. The van der Waals surface area contributed by atoms with E-state index in [0.717, 1.165) is 12.8 Å². The van der Waals surface area contributed by atoms with Crippen LogP contribution in [0.5, 0.6) is 0 Å². The van der Waals surface area contributed by atoms with Crippen molar-refractivity contribution >= 4 is 11.9 Å². The van der Waals surface area contributed by atoms with Gasteiger partial charge in [0.15, 0.2) is 0 Å². The van der Waals surface area contributed by atoms with E-state index < -0.39 is 5.41 Å². The van der Waals surface area contributed by atoms with Crippen molar-refractivity contribution in [3.05, 3.63) is 12.2 Å². The lowest BCUT2D eigenvalue weighted by Crippen LogP contribution is -2.38. The zero-order valence-corrected chi connectivity index (χ0v) is 10.7. The van der Waals surface area contributed by atoms with Crippen molar-refractivity contribution in [1.29, 1.82) is 0 Å². The van der Waals surface area contributed by atoms with Gasteiger partial charge in [-0.15, -0.1) is 0 Å². The maximum absolute atomic E-state index is 11.8. The molecule has 96 valence electrons. The Hall–Kier alpha value is -1.32. The summed E-state index contributed by atoms with van der Waals surface area (Å²) >= 11 is 0. The van der Waals surface area contributed by atoms with Crippen molar-refractivity contribution in [2.45, 2.75) is 32.6 Å². The molecule has 0 aromatic rings. The van der Waals surface area contributed by atoms with E-state index in [4.69, 9.17) is 4.74 Å². The predicted molar refractivity (Wildman–Crippen MR) is 63.2 cm³/mol. The highest BCUT2D eigenvalue weighted by Gasteiger charge is 2.41. The van der Waals surface area contributed by atoms with E-state index in [-0.39, 0.29) is 17.9 Å². The van der Waals surface area contributed by atoms with E-state index in [1.54, 1.807) is 0 Å². The second kappa shape index (κ2) is 5.84. The van der Waals surface area contributed by atoms with Crippen molar-refractivity contribution in [3.8, 4) is 0 Å². The van der Waals surface area contributed by atoms with Crippen molar-refractivity contribution in [1.82, 2.24) is 0 Å². The maximum atomic E-state index is 11.8. The Bertz CT molecular complexity index is 321. The zero-order chi connectivity index (χ0) is 12.9. The first-order valence-electron chi connectivity index (χ1n) is 5.86. The predicted octanol–water partition coefficient (Wildman–Crippen LogP) is 2.09. The van der Waals surface area contributed by atoms with Crippen LogP contribution in [-0.4, -0.2) is 26.2 Å². The quantitative estimate of drug-likeness (QED) is 0.557. The molecule has 2 atom stereocenters. The SMILES string of the molecule is COC(=O)CC[C@H]1C=CCC[C@]1(C)C(=O)OC. The molecule has 1 aliphatic rings. The molecule has 0 bridgehead atoms. The molecule has 0 radical (unpaired) electrons. The Balaban J connectivity index is 2.72. The Kier molecular flexibility index (Phi) is 4.73. The highest BCUT2D eigenvalue weighted by atomic mass is 16.5. The number of rotatable bonds is 4. The summed E-state index contributed by atoms with van der Waals surface area (Å²) in [5, 5.41) is 0. The van der Waals surface area contributed by atoms with Crippen LogP contribution in [0.3, 0.4) is 0 Å². The van der Waals surface area contributed by atoms with Gasteiger partial charge in [-0.2, -0.15) is 0 Å². The van der Waals surface area contributed by atoms with Crippen molar-refractivity contribution in [2.75, 3.05) is 14.2 Å². The summed E-state index contributed by atoms with van der Waals surface area (Å²) in [6, 6.07) is 0. The lowest BCUT2D eigenvalue weighted by molar-refractivity contribution is -0.156. The first-order valence-corrected chi connectivity index (χ1v) is 5.86. The maximum Gasteiger partial charge on any atom is 0.312 e. The third-order valence-corrected chi connectivity index (χ3v) is 3.56. The molecular weight excluding hydrogens is 220 g/mol. The normalized spacial score (nSPS) is 27.6. The van der Waals surface area contributed by atoms with Crippen LogP contribution < -0.4 is 0 Å². The van der Waals surface area contributed by atoms with Gasteiger partial charge >= 0.3 is 11.9 Å². The number of carbonyl (C=O) groups excluding carboxylic acids is 2. The molecule has 0 saturated carbocycles. The molecule has 0 heterocycles. The second-order valence-corrected chi connectivity index (χ2v) is 4.60. The Morgan fingerprint density at radius 2 is 2.06 bits per heavy atom. The molecule has 0 amide bonds. The van der Waals surface area contributed by atoms with Crippen LogP contribution in [0.4, 0.5) is 0 Å². The third-order valence-electron chi connectivity index (χ3n) is 3.56. The van der Waals surface area contributed by atoms with E-state index in [9.17, 15) is 9.59 Å². The van der Waals surface area contributed by atoms with Crippen LogP contribution in [0.15, 0.2) is 12.2 Å². The molecule has 0 unspecified atom stereocenters. The van der Waals surface area contributed by atoms with E-state index in [2.05, 4.69) is 10.8 Å². The van der Waals surface area contributed by atoms with Crippen LogP contribution >= 0.6 is 0 Å². The smallest absolute Gasteiger partial charge is 0.312 e. The minimum atomic E-state index is -0.516. The molecule has 0 N–H and O–H groups in total. The van der Waals surface area contributed by atoms with E-state index >= 15 is 0 Å². The van der Waals surface area contributed by atoms with Crippen LogP contribution in [-0.2, 0) is 19.1 Å². The van der Waals surface area contributed by atoms with Gasteiger partial charge < -0.3 is 9.47 Å². The average Bonchev–Trinajstić information content (AvgIpc) is 2.36. The monoisotopic (exact) mass is 240 g/mol. The fourth-order valence-electron chi connectivity index (χ4n) is 2.32. The van der Waals surface area contributed by atoms with Gasteiger partial charge in [0.1, 0.15) is 0 Å². The third kappa shape index (κ3) is 3.08. The average molecular weight is 240 g/mol. The summed E-state index contributed by atoms with van der Waals surface area (Å²) in [5.41, 5.74) is -0.516. The number of ether oxygens (including phenoxy) is 2. The highest BCUT2D eigenvalue weighted by molar-refractivity contribution is 5.77. The fraction of sp³-hybridized carbons (Fsp3) is 0.692. The van der Waals surface area contributed by atoms with Gasteiger partial charge in [-0.05, 0) is 32.1 Å². The number of hydrogen-bond donors (Lipinski definition) is 0. The Morgan fingerprint density at radius 3 is 2.65 bits per heavy atom. The minimum absolute atomic E-state index is 0.0443. The van der Waals surface area contributed by atoms with Gasteiger partial charge in [-0.3, -0.25) is 9.59 Å². The molecule has 0 aromatic heterocycles. The van der Waals surface area contributed by atoms with E-state index in [1.165, 1.54) is 14.2 Å². The minimum Gasteiger partial charge on any atom is -0.469 e. The van der Waals surface area contributed by atoms with Crippen LogP contribution in [0.25, 0.3) is 0 Å². The van der Waals surface area contributed by atoms with Gasteiger partial charge in [-0.1, -0.05) is 12.2 Å². The van der Waals surface area contributed by atoms with Crippen molar-refractivity contribution in [2.24, 2.45) is 11.3 Å². The first-order chi connectivity index (χ1) is 8.04. The summed E-state index contributed by atoms with van der Waals surface area (Å²) in [4.78, 5) is 23.0. The van der Waals surface area contributed by atoms with Crippen LogP contribution in [0, 0.1) is 11.3 Å². The molecule has 4 nitrogen and oxygen atoms in total. The summed E-state index contributed by atoms with van der Waals surface area (Å²) in [7, 11) is 2.78. The summed E-state index contributed by atoms with van der Waals surface area (Å²) in [5.74, 6) is -0.393. The zero-order valence-electron chi connectivity index (χ0n) is 10.7. The first kappa shape index (κ1) is 13.7. The second-order valence-electron chi connectivity index (χ2n) is 4.60. The van der Waals surface area contributed by atoms with Gasteiger partial charge in [0.05, 0.1) is 19.6 Å². The Labute approximate surface area is 102 Å². The van der Waals surface area contributed by atoms with Gasteiger partial charge in [-0.25, -0.2) is 0 Å². The van der Waals surface area contributed by atoms with Gasteiger partial charge in [0, 0.05) is 6.42 Å². The summed E-state index contributed by atoms with van der Waals surface area (Å²) in [6.07, 6.45) is 6.67. The van der Waals surface area contributed by atoms with Crippen LogP contribution in [0.1, 0.15) is 32.6 Å². The number of carbonyl (C=O) groups is 2. The van der Waals surface area contributed by atoms with Crippen molar-refractivity contribution < 1.29 is 19.1 Å². The van der Waals surface area contributed by atoms with Crippen LogP contribution in [0.2, 0.25) is 0 Å². The van der Waals surface area contributed by atoms with E-state index in [0.29, 0.717) is 12.8 Å². The van der Waals surface area contributed by atoms with Gasteiger partial charge in [0.2, 0.25) is 0 Å². The fourth-order valence-corrected chi connectivity index (χ4v) is 2.32. The molecule has 0 aromatic carbocycles. The Morgan fingerprint density at radius 1 is 1.35 bits per heavy atom. The van der Waals surface area contributed by atoms with Gasteiger partial charge in [0.25, 0.3) is 0 Å². The van der Waals surface area contributed by atoms with Crippen molar-refractivity contribution in [3.63, 3.8) is 0 Å². The molecule has 17 heavy (non-hydrogen) atoms. The molecule has 4 heteroatoms. The standard InChI is InChI=1S/C13H20O4/c1-13(12(15)17-3)9-5-4-6-10(13)7-8-11(14)16-2/h4,6,10H,5,7-9H2,1-3H3/t10-,13+/m1/s1.